The molecule has 96 valence electrons. The highest BCUT2D eigenvalue weighted by Crippen LogP contribution is 2.19. The van der Waals surface area contributed by atoms with Crippen LogP contribution in [0.2, 0.25) is 0 Å². The van der Waals surface area contributed by atoms with E-state index in [1.165, 1.54) is 5.56 Å². The van der Waals surface area contributed by atoms with Crippen molar-refractivity contribution in [2.75, 3.05) is 6.54 Å². The number of aryl methyl sites for hydroxylation is 1. The van der Waals surface area contributed by atoms with E-state index < -0.39 is 6.10 Å². The van der Waals surface area contributed by atoms with E-state index in [4.69, 9.17) is 0 Å². The summed E-state index contributed by atoms with van der Waals surface area (Å²) in [4.78, 5) is 24.0. The van der Waals surface area contributed by atoms with Gasteiger partial charge in [-0.05, 0) is 17.5 Å². The van der Waals surface area contributed by atoms with Crippen LogP contribution in [0.25, 0.3) is 0 Å². The maximum Gasteiger partial charge on any atom is 0.229 e. The fraction of sp³-hybridized carbons (Fsp3) is 0.429. The predicted molar refractivity (Wildman–Crippen MR) is 66.7 cm³/mol. The molecule has 2 rings (SSSR count). The molecular formula is C14H17NO3. The average molecular weight is 247 g/mol. The van der Waals surface area contributed by atoms with Crippen molar-refractivity contribution >= 4 is 11.8 Å². The van der Waals surface area contributed by atoms with Crippen molar-refractivity contribution in [3.63, 3.8) is 0 Å². The standard InChI is InChI=1S/C14H17NO3/c1-2-10-3-5-11(6-4-10)12(16)9-15-13(17)7-8-14(15)18/h3-6,12,16H,2,7-9H2,1H3. The van der Waals surface area contributed by atoms with Crippen LogP contribution in [-0.2, 0) is 16.0 Å². The van der Waals surface area contributed by atoms with Crippen molar-refractivity contribution < 1.29 is 14.7 Å². The molecule has 4 heteroatoms. The summed E-state index contributed by atoms with van der Waals surface area (Å²) in [6.07, 6.45) is 0.669. The molecule has 1 N–H and O–H groups in total. The van der Waals surface area contributed by atoms with Crippen molar-refractivity contribution in [1.82, 2.24) is 4.90 Å². The lowest BCUT2D eigenvalue weighted by Crippen LogP contribution is -2.33. The number of aliphatic hydroxyl groups is 1. The second-order valence-electron chi connectivity index (χ2n) is 4.51. The third-order valence-corrected chi connectivity index (χ3v) is 3.28. The van der Waals surface area contributed by atoms with E-state index in [0.717, 1.165) is 16.9 Å². The molecule has 0 saturated carbocycles. The van der Waals surface area contributed by atoms with Crippen molar-refractivity contribution in [2.45, 2.75) is 32.3 Å². The van der Waals surface area contributed by atoms with E-state index in [9.17, 15) is 14.7 Å². The maximum atomic E-state index is 11.4. The van der Waals surface area contributed by atoms with Crippen LogP contribution in [0.4, 0.5) is 0 Å². The van der Waals surface area contributed by atoms with Gasteiger partial charge in [-0.2, -0.15) is 0 Å². The van der Waals surface area contributed by atoms with Gasteiger partial charge in [0.15, 0.2) is 0 Å². The summed E-state index contributed by atoms with van der Waals surface area (Å²) in [7, 11) is 0. The van der Waals surface area contributed by atoms with Crippen LogP contribution >= 0.6 is 0 Å². The Morgan fingerprint density at radius 1 is 1.17 bits per heavy atom. The first kappa shape index (κ1) is 12.8. The van der Waals surface area contributed by atoms with Gasteiger partial charge in [0.2, 0.25) is 11.8 Å². The predicted octanol–water partition coefficient (Wildman–Crippen LogP) is 1.43. The zero-order valence-corrected chi connectivity index (χ0v) is 10.4. The third-order valence-electron chi connectivity index (χ3n) is 3.28. The molecule has 18 heavy (non-hydrogen) atoms. The van der Waals surface area contributed by atoms with Crippen molar-refractivity contribution in [1.29, 1.82) is 0 Å². The Balaban J connectivity index is 2.04. The lowest BCUT2D eigenvalue weighted by Gasteiger charge is -2.18. The average Bonchev–Trinajstić information content (AvgIpc) is 2.70. The highest BCUT2D eigenvalue weighted by molar-refractivity contribution is 6.01. The Kier molecular flexibility index (Phi) is 3.77. The molecule has 2 amide bonds. The summed E-state index contributed by atoms with van der Waals surface area (Å²) in [6, 6.07) is 7.58. The normalized spacial score (nSPS) is 17.3. The zero-order valence-electron chi connectivity index (χ0n) is 10.4. The summed E-state index contributed by atoms with van der Waals surface area (Å²) in [6.45, 7) is 2.12. The van der Waals surface area contributed by atoms with E-state index in [1.54, 1.807) is 0 Å². The van der Waals surface area contributed by atoms with E-state index in [-0.39, 0.29) is 31.2 Å². The number of carbonyl (C=O) groups excluding carboxylic acids is 2. The molecule has 0 radical (unpaired) electrons. The molecule has 1 heterocycles. The molecule has 0 aromatic heterocycles. The number of benzene rings is 1. The van der Waals surface area contributed by atoms with Crippen LogP contribution in [0.15, 0.2) is 24.3 Å². The fourth-order valence-corrected chi connectivity index (χ4v) is 2.08. The molecule has 1 aliphatic heterocycles. The Morgan fingerprint density at radius 2 is 1.72 bits per heavy atom. The number of amides is 2. The summed E-state index contributed by atoms with van der Waals surface area (Å²) < 4.78 is 0. The van der Waals surface area contributed by atoms with E-state index in [0.29, 0.717) is 0 Å². The summed E-state index contributed by atoms with van der Waals surface area (Å²) in [5, 5.41) is 10.0. The van der Waals surface area contributed by atoms with Crippen LogP contribution in [0.3, 0.4) is 0 Å². The second kappa shape index (κ2) is 5.31. The maximum absolute atomic E-state index is 11.4. The highest BCUT2D eigenvalue weighted by atomic mass is 16.3. The number of likely N-dealkylation sites (tertiary alicyclic amines) is 1. The van der Waals surface area contributed by atoms with Crippen LogP contribution in [0, 0.1) is 0 Å². The Labute approximate surface area is 106 Å². The van der Waals surface area contributed by atoms with Crippen LogP contribution in [0.1, 0.15) is 37.0 Å². The van der Waals surface area contributed by atoms with Gasteiger partial charge in [-0.25, -0.2) is 0 Å². The molecule has 1 aromatic rings. The lowest BCUT2D eigenvalue weighted by molar-refractivity contribution is -0.140. The summed E-state index contributed by atoms with van der Waals surface area (Å²) in [5.41, 5.74) is 1.93. The molecule has 0 aliphatic carbocycles. The van der Waals surface area contributed by atoms with Gasteiger partial charge < -0.3 is 5.11 Å². The van der Waals surface area contributed by atoms with Gasteiger partial charge in [0, 0.05) is 12.8 Å². The molecule has 1 fully saturated rings. The minimum Gasteiger partial charge on any atom is -0.387 e. The quantitative estimate of drug-likeness (QED) is 0.819. The van der Waals surface area contributed by atoms with E-state index in [1.807, 2.05) is 24.3 Å². The van der Waals surface area contributed by atoms with Gasteiger partial charge in [-0.15, -0.1) is 0 Å². The number of imide groups is 1. The summed E-state index contributed by atoms with van der Waals surface area (Å²) in [5.74, 6) is -0.381. The monoisotopic (exact) mass is 247 g/mol. The Morgan fingerprint density at radius 3 is 2.22 bits per heavy atom. The van der Waals surface area contributed by atoms with Gasteiger partial charge in [0.1, 0.15) is 0 Å². The number of hydrogen-bond donors (Lipinski definition) is 1. The minimum absolute atomic E-state index is 0.0587. The van der Waals surface area contributed by atoms with Crippen LogP contribution < -0.4 is 0 Å². The topological polar surface area (TPSA) is 57.6 Å². The molecule has 0 bridgehead atoms. The molecule has 1 saturated heterocycles. The molecule has 1 atom stereocenters. The van der Waals surface area contributed by atoms with Crippen molar-refractivity contribution in [3.8, 4) is 0 Å². The molecule has 1 aliphatic rings. The Hall–Kier alpha value is -1.68. The van der Waals surface area contributed by atoms with E-state index in [2.05, 4.69) is 6.92 Å². The van der Waals surface area contributed by atoms with Gasteiger partial charge in [0.05, 0.1) is 12.6 Å². The van der Waals surface area contributed by atoms with Gasteiger partial charge >= 0.3 is 0 Å². The molecule has 0 spiro atoms. The molecule has 1 aromatic carbocycles. The largest absolute Gasteiger partial charge is 0.387 e. The van der Waals surface area contributed by atoms with E-state index >= 15 is 0 Å². The first-order chi connectivity index (χ1) is 8.61. The number of rotatable bonds is 4. The fourth-order valence-electron chi connectivity index (χ4n) is 2.08. The van der Waals surface area contributed by atoms with Gasteiger partial charge in [-0.3, -0.25) is 14.5 Å². The highest BCUT2D eigenvalue weighted by Gasteiger charge is 2.30. The lowest BCUT2D eigenvalue weighted by atomic mass is 10.1. The van der Waals surface area contributed by atoms with Crippen molar-refractivity contribution in [3.05, 3.63) is 35.4 Å². The number of hydrogen-bond acceptors (Lipinski definition) is 3. The van der Waals surface area contributed by atoms with Crippen LogP contribution in [0.5, 0.6) is 0 Å². The first-order valence-corrected chi connectivity index (χ1v) is 6.22. The minimum atomic E-state index is -0.804. The van der Waals surface area contributed by atoms with Crippen molar-refractivity contribution in [2.24, 2.45) is 0 Å². The number of aliphatic hydroxyl groups excluding tert-OH is 1. The SMILES string of the molecule is CCc1ccc(C(O)CN2C(=O)CCC2=O)cc1. The van der Waals surface area contributed by atoms with Gasteiger partial charge in [-0.1, -0.05) is 31.2 Å². The third kappa shape index (κ3) is 2.59. The van der Waals surface area contributed by atoms with Crippen LogP contribution in [-0.4, -0.2) is 28.4 Å². The number of carbonyl (C=O) groups is 2. The number of nitrogens with zero attached hydrogens (tertiary/aromatic N) is 1. The summed E-state index contributed by atoms with van der Waals surface area (Å²) >= 11 is 0. The first-order valence-electron chi connectivity index (χ1n) is 6.22. The zero-order chi connectivity index (χ0) is 13.1. The molecular weight excluding hydrogens is 230 g/mol. The Bertz CT molecular complexity index is 437. The molecule has 4 nitrogen and oxygen atoms in total. The second-order valence-corrected chi connectivity index (χ2v) is 4.51. The van der Waals surface area contributed by atoms with Gasteiger partial charge in [0.25, 0.3) is 0 Å². The number of β-amino-alcohol motifs (C(OH)–C–C–N with tert-alkyl or cyclic N) is 1. The smallest absolute Gasteiger partial charge is 0.229 e. The molecule has 1 unspecified atom stereocenters.